The summed E-state index contributed by atoms with van der Waals surface area (Å²) in [5, 5.41) is 6.97. The number of nitrogens with zero attached hydrogens (tertiary/aromatic N) is 3. The number of ether oxygens (including phenoxy) is 2. The van der Waals surface area contributed by atoms with Crippen molar-refractivity contribution in [3.8, 4) is 5.75 Å². The fraction of sp³-hybridized carbons (Fsp3) is 0.640. The third-order valence-electron chi connectivity index (χ3n) is 6.55. The highest BCUT2D eigenvalue weighted by molar-refractivity contribution is 5.96. The molecule has 2 saturated heterocycles. The largest absolute Gasteiger partial charge is 0.494 e. The predicted octanol–water partition coefficient (Wildman–Crippen LogP) is 4.18. The summed E-state index contributed by atoms with van der Waals surface area (Å²) in [6.45, 7) is 8.37. The highest BCUT2D eigenvalue weighted by Crippen LogP contribution is 2.28. The number of alkyl halides is 1. The van der Waals surface area contributed by atoms with E-state index < -0.39 is 5.67 Å². The molecule has 1 atom stereocenters. The van der Waals surface area contributed by atoms with E-state index in [1.54, 1.807) is 0 Å². The lowest BCUT2D eigenvalue weighted by Gasteiger charge is -2.30. The standard InChI is InChI=1S/C25H35FN4O4/c1-17-15-20(6-7-21(17)22(31)27-19-10-14-32-16-19)33-13-4-5-18-8-11-30(12-9-18)24-28-23(34-29-24)25(2,3)26/h6-7,15,18-19H,4-5,8-14,16H2,1-3H3,(H,27,31). The van der Waals surface area contributed by atoms with Gasteiger partial charge in [-0.05, 0) is 87.7 Å². The lowest BCUT2D eigenvalue weighted by atomic mass is 9.92. The van der Waals surface area contributed by atoms with Gasteiger partial charge < -0.3 is 24.2 Å². The SMILES string of the molecule is Cc1cc(OCCCC2CCN(c3noc(C(C)(C)F)n3)CC2)ccc1C(=O)NC1CCOC1. The van der Waals surface area contributed by atoms with Crippen LogP contribution in [0, 0.1) is 12.8 Å². The third kappa shape index (κ3) is 6.25. The first-order chi connectivity index (χ1) is 16.3. The van der Waals surface area contributed by atoms with Gasteiger partial charge >= 0.3 is 0 Å². The lowest BCUT2D eigenvalue weighted by molar-refractivity contribution is 0.0929. The van der Waals surface area contributed by atoms with Gasteiger partial charge in [-0.25, -0.2) is 4.39 Å². The van der Waals surface area contributed by atoms with Crippen molar-refractivity contribution in [1.82, 2.24) is 15.5 Å². The molecular formula is C25H35FN4O4. The molecule has 4 rings (SSSR count). The number of hydrogen-bond acceptors (Lipinski definition) is 7. The van der Waals surface area contributed by atoms with Gasteiger partial charge in [0.25, 0.3) is 17.7 Å². The van der Waals surface area contributed by atoms with Crippen LogP contribution in [0.4, 0.5) is 10.3 Å². The summed E-state index contributed by atoms with van der Waals surface area (Å²) in [4.78, 5) is 18.8. The van der Waals surface area contributed by atoms with Crippen molar-refractivity contribution in [3.63, 3.8) is 0 Å². The molecule has 0 saturated carbocycles. The van der Waals surface area contributed by atoms with E-state index in [2.05, 4.69) is 20.4 Å². The fourth-order valence-electron chi connectivity index (χ4n) is 4.46. The average Bonchev–Trinajstić information content (AvgIpc) is 3.49. The third-order valence-corrected chi connectivity index (χ3v) is 6.55. The molecule has 9 heteroatoms. The molecule has 8 nitrogen and oxygen atoms in total. The Hall–Kier alpha value is -2.68. The van der Waals surface area contributed by atoms with Crippen molar-refractivity contribution in [2.24, 2.45) is 5.92 Å². The summed E-state index contributed by atoms with van der Waals surface area (Å²) in [6.07, 6.45) is 5.00. The maximum Gasteiger partial charge on any atom is 0.266 e. The van der Waals surface area contributed by atoms with Crippen LogP contribution in [0.1, 0.15) is 67.8 Å². The number of halogens is 1. The van der Waals surface area contributed by atoms with Crippen LogP contribution in [-0.4, -0.2) is 55.0 Å². The van der Waals surface area contributed by atoms with Gasteiger partial charge in [-0.2, -0.15) is 4.98 Å². The predicted molar refractivity (Wildman–Crippen MR) is 126 cm³/mol. The van der Waals surface area contributed by atoms with E-state index >= 15 is 0 Å². The van der Waals surface area contributed by atoms with Crippen LogP contribution in [0.2, 0.25) is 0 Å². The van der Waals surface area contributed by atoms with E-state index in [-0.39, 0.29) is 17.8 Å². The maximum atomic E-state index is 14.0. The fourth-order valence-corrected chi connectivity index (χ4v) is 4.46. The second-order valence-electron chi connectivity index (χ2n) is 9.80. The summed E-state index contributed by atoms with van der Waals surface area (Å²) in [5.41, 5.74) is -0.0448. The summed E-state index contributed by atoms with van der Waals surface area (Å²) in [5.74, 6) is 1.85. The van der Waals surface area contributed by atoms with E-state index in [0.717, 1.165) is 56.5 Å². The first-order valence-corrected chi connectivity index (χ1v) is 12.2. The quantitative estimate of drug-likeness (QED) is 0.546. The Morgan fingerprint density at radius 2 is 2.09 bits per heavy atom. The average molecular weight is 475 g/mol. The molecular weight excluding hydrogens is 439 g/mol. The van der Waals surface area contributed by atoms with Crippen LogP contribution >= 0.6 is 0 Å². The van der Waals surface area contributed by atoms with Crippen LogP contribution < -0.4 is 15.0 Å². The molecule has 0 spiro atoms. The van der Waals surface area contributed by atoms with Crippen molar-refractivity contribution < 1.29 is 23.2 Å². The zero-order valence-corrected chi connectivity index (χ0v) is 20.3. The summed E-state index contributed by atoms with van der Waals surface area (Å²) in [7, 11) is 0. The minimum atomic E-state index is -1.63. The number of carbonyl (C=O) groups is 1. The second-order valence-corrected chi connectivity index (χ2v) is 9.80. The van der Waals surface area contributed by atoms with Crippen LogP contribution in [0.3, 0.4) is 0 Å². The van der Waals surface area contributed by atoms with E-state index in [4.69, 9.17) is 14.0 Å². The summed E-state index contributed by atoms with van der Waals surface area (Å²) in [6, 6.07) is 5.72. The number of benzene rings is 1. The van der Waals surface area contributed by atoms with Crippen LogP contribution in [0.25, 0.3) is 0 Å². The second kappa shape index (κ2) is 10.7. The van der Waals surface area contributed by atoms with Gasteiger partial charge in [0.2, 0.25) is 0 Å². The Labute approximate surface area is 200 Å². The molecule has 1 unspecified atom stereocenters. The zero-order valence-electron chi connectivity index (χ0n) is 20.3. The number of aryl methyl sites for hydroxylation is 1. The van der Waals surface area contributed by atoms with Crippen LogP contribution in [0.15, 0.2) is 22.7 Å². The summed E-state index contributed by atoms with van der Waals surface area (Å²) >= 11 is 0. The molecule has 2 aliphatic rings. The first kappa shape index (κ1) is 24.4. The molecule has 1 aromatic carbocycles. The van der Waals surface area contributed by atoms with E-state index in [9.17, 15) is 9.18 Å². The number of piperidine rings is 1. The molecule has 2 aromatic rings. The Bertz CT molecular complexity index is 960. The van der Waals surface area contributed by atoms with Gasteiger partial charge in [-0.15, -0.1) is 0 Å². The topological polar surface area (TPSA) is 89.7 Å². The van der Waals surface area contributed by atoms with Crippen LogP contribution in [-0.2, 0) is 10.4 Å². The van der Waals surface area contributed by atoms with Gasteiger partial charge in [0.1, 0.15) is 5.75 Å². The number of hydrogen-bond donors (Lipinski definition) is 1. The zero-order chi connectivity index (χ0) is 24.1. The molecule has 0 aliphatic carbocycles. The number of carbonyl (C=O) groups excluding carboxylic acids is 1. The number of amides is 1. The molecule has 1 N–H and O–H groups in total. The molecule has 0 radical (unpaired) electrons. The highest BCUT2D eigenvalue weighted by atomic mass is 19.1. The molecule has 186 valence electrons. The number of nitrogens with one attached hydrogen (secondary N) is 1. The molecule has 34 heavy (non-hydrogen) atoms. The van der Waals surface area contributed by atoms with E-state index in [0.29, 0.717) is 37.3 Å². The van der Waals surface area contributed by atoms with Crippen molar-refractivity contribution in [2.45, 2.75) is 64.6 Å². The van der Waals surface area contributed by atoms with Gasteiger partial charge in [-0.3, -0.25) is 4.79 Å². The van der Waals surface area contributed by atoms with Crippen molar-refractivity contribution in [2.75, 3.05) is 37.8 Å². The van der Waals surface area contributed by atoms with Gasteiger partial charge in [0.15, 0.2) is 5.67 Å². The minimum Gasteiger partial charge on any atom is -0.494 e. The normalized spacial score (nSPS) is 19.4. The molecule has 1 aromatic heterocycles. The molecule has 1 amide bonds. The Kier molecular flexibility index (Phi) is 7.70. The Morgan fingerprint density at radius 3 is 2.74 bits per heavy atom. The molecule has 2 aliphatic heterocycles. The molecule has 3 heterocycles. The smallest absolute Gasteiger partial charge is 0.266 e. The monoisotopic (exact) mass is 474 g/mol. The number of rotatable bonds is 9. The van der Waals surface area contributed by atoms with Gasteiger partial charge in [-0.1, -0.05) is 0 Å². The van der Waals surface area contributed by atoms with E-state index in [1.807, 2.05) is 25.1 Å². The number of aromatic nitrogens is 2. The van der Waals surface area contributed by atoms with Crippen molar-refractivity contribution in [3.05, 3.63) is 35.2 Å². The first-order valence-electron chi connectivity index (χ1n) is 12.2. The van der Waals surface area contributed by atoms with Crippen molar-refractivity contribution >= 4 is 11.9 Å². The van der Waals surface area contributed by atoms with Crippen LogP contribution in [0.5, 0.6) is 5.75 Å². The highest BCUT2D eigenvalue weighted by Gasteiger charge is 2.29. The molecule has 2 fully saturated rings. The van der Waals surface area contributed by atoms with Gasteiger partial charge in [0, 0.05) is 25.3 Å². The van der Waals surface area contributed by atoms with E-state index in [1.165, 1.54) is 13.8 Å². The lowest BCUT2D eigenvalue weighted by Crippen LogP contribution is -2.35. The van der Waals surface area contributed by atoms with Crippen molar-refractivity contribution in [1.29, 1.82) is 0 Å². The maximum absolute atomic E-state index is 14.0. The minimum absolute atomic E-state index is 0.0223. The number of anilines is 1. The molecule has 0 bridgehead atoms. The van der Waals surface area contributed by atoms with Gasteiger partial charge in [0.05, 0.1) is 19.3 Å². The summed E-state index contributed by atoms with van der Waals surface area (Å²) < 4.78 is 30.3. The Morgan fingerprint density at radius 1 is 1.29 bits per heavy atom. The Balaban J connectivity index is 1.16.